The Bertz CT molecular complexity index is 911. The van der Waals surface area contributed by atoms with Gasteiger partial charge in [0.25, 0.3) is 0 Å². The van der Waals surface area contributed by atoms with E-state index in [0.717, 1.165) is 27.4 Å². The van der Waals surface area contributed by atoms with Crippen molar-refractivity contribution in [2.24, 2.45) is 7.05 Å². The lowest BCUT2D eigenvalue weighted by molar-refractivity contribution is -0.895. The largest absolute Gasteiger partial charge is 0.351 e. The van der Waals surface area contributed by atoms with Crippen LogP contribution in [-0.4, -0.2) is 55.8 Å². The number of nitrogens with zero attached hydrogens (tertiary/aromatic N) is 2. The zero-order chi connectivity index (χ0) is 19.6. The van der Waals surface area contributed by atoms with Gasteiger partial charge in [-0.15, -0.1) is 0 Å². The first-order valence-corrected chi connectivity index (χ1v) is 10.9. The molecule has 1 saturated heterocycles. The Labute approximate surface area is 161 Å². The molecule has 0 atom stereocenters. The minimum absolute atomic E-state index is 0.0323. The number of carbonyl (C=O) groups excluding carboxylic acids is 1. The Kier molecular flexibility index (Phi) is 5.83. The molecule has 0 unspecified atom stereocenters. The van der Waals surface area contributed by atoms with Crippen molar-refractivity contribution in [2.75, 3.05) is 32.7 Å². The van der Waals surface area contributed by atoms with E-state index in [9.17, 15) is 13.2 Å². The highest BCUT2D eigenvalue weighted by Crippen LogP contribution is 2.14. The molecular formula is C20H28N3O3S+. The maximum Gasteiger partial charge on any atom is 0.218 e. The fourth-order valence-electron chi connectivity index (χ4n) is 3.59. The van der Waals surface area contributed by atoms with Crippen molar-refractivity contribution in [1.29, 1.82) is 0 Å². The summed E-state index contributed by atoms with van der Waals surface area (Å²) in [6.45, 7) is 6.61. The molecule has 27 heavy (non-hydrogen) atoms. The first kappa shape index (κ1) is 19.8. The predicted octanol–water partition coefficient (Wildman–Crippen LogP) is 0.555. The molecule has 2 heterocycles. The van der Waals surface area contributed by atoms with Crippen LogP contribution in [-0.2, 0) is 22.8 Å². The fraction of sp³-hybridized carbons (Fsp3) is 0.450. The van der Waals surface area contributed by atoms with Gasteiger partial charge >= 0.3 is 0 Å². The molecule has 0 aliphatic carbocycles. The number of hydrogen-bond acceptors (Lipinski definition) is 3. The number of piperazine rings is 1. The number of carbonyl (C=O) groups is 1. The van der Waals surface area contributed by atoms with Crippen molar-refractivity contribution in [3.05, 3.63) is 58.9 Å². The Hall–Kier alpha value is -1.96. The summed E-state index contributed by atoms with van der Waals surface area (Å²) < 4.78 is 28.9. The standard InChI is InChI=1S/C20H27N3O3S/c1-16-13-19(17(2)21(16)3)20(24)14-22-9-11-23(12-10-22)27(25,26)15-18-7-5-4-6-8-18/h4-8,13H,9-12,14-15H2,1-3H3/p+1. The van der Waals surface area contributed by atoms with Crippen LogP contribution in [0.4, 0.5) is 0 Å². The van der Waals surface area contributed by atoms with E-state index < -0.39 is 10.0 Å². The van der Waals surface area contributed by atoms with Crippen molar-refractivity contribution in [1.82, 2.24) is 8.87 Å². The van der Waals surface area contributed by atoms with Gasteiger partial charge in [0, 0.05) is 24.0 Å². The highest BCUT2D eigenvalue weighted by molar-refractivity contribution is 7.88. The van der Waals surface area contributed by atoms with E-state index >= 15 is 0 Å². The van der Waals surface area contributed by atoms with Crippen LogP contribution in [0.5, 0.6) is 0 Å². The van der Waals surface area contributed by atoms with E-state index in [1.54, 1.807) is 4.31 Å². The second kappa shape index (κ2) is 7.96. The Morgan fingerprint density at radius 3 is 2.30 bits per heavy atom. The van der Waals surface area contributed by atoms with Crippen molar-refractivity contribution in [3.8, 4) is 0 Å². The average Bonchev–Trinajstić information content (AvgIpc) is 2.90. The Balaban J connectivity index is 1.57. The molecule has 146 valence electrons. The lowest BCUT2D eigenvalue weighted by Crippen LogP contribution is -3.15. The number of rotatable bonds is 6. The van der Waals surface area contributed by atoms with Crippen LogP contribution in [0.3, 0.4) is 0 Å². The van der Waals surface area contributed by atoms with Gasteiger partial charge in [0.1, 0.15) is 6.54 Å². The summed E-state index contributed by atoms with van der Waals surface area (Å²) in [4.78, 5) is 13.8. The van der Waals surface area contributed by atoms with E-state index in [0.29, 0.717) is 32.7 Å². The molecule has 0 bridgehead atoms. The van der Waals surface area contributed by atoms with Gasteiger partial charge in [-0.05, 0) is 25.5 Å². The molecule has 1 aromatic heterocycles. The molecule has 3 rings (SSSR count). The van der Waals surface area contributed by atoms with Crippen LogP contribution in [0.15, 0.2) is 36.4 Å². The molecule has 0 saturated carbocycles. The van der Waals surface area contributed by atoms with Gasteiger partial charge in [-0.3, -0.25) is 4.79 Å². The molecule has 1 aliphatic rings. The number of Topliss-reactive ketones (excluding diaryl/α,β-unsaturated/α-hetero) is 1. The van der Waals surface area contributed by atoms with Gasteiger partial charge in [-0.25, -0.2) is 8.42 Å². The quantitative estimate of drug-likeness (QED) is 0.733. The molecule has 0 radical (unpaired) electrons. The zero-order valence-electron chi connectivity index (χ0n) is 16.2. The molecule has 2 aromatic rings. The Morgan fingerprint density at radius 2 is 1.74 bits per heavy atom. The smallest absolute Gasteiger partial charge is 0.218 e. The van der Waals surface area contributed by atoms with Gasteiger partial charge in [0.2, 0.25) is 15.8 Å². The summed E-state index contributed by atoms with van der Waals surface area (Å²) in [5, 5.41) is 0. The first-order chi connectivity index (χ1) is 12.8. The van der Waals surface area contributed by atoms with E-state index in [-0.39, 0.29) is 11.5 Å². The third-order valence-corrected chi connectivity index (χ3v) is 7.35. The van der Waals surface area contributed by atoms with E-state index in [2.05, 4.69) is 0 Å². The summed E-state index contributed by atoms with van der Waals surface area (Å²) in [5.41, 5.74) is 3.64. The molecule has 1 fully saturated rings. The molecule has 1 N–H and O–H groups in total. The molecule has 7 heteroatoms. The maximum absolute atomic E-state index is 12.7. The third-order valence-electron chi connectivity index (χ3n) is 5.50. The SMILES string of the molecule is Cc1cc(C(=O)C[NH+]2CCN(S(=O)(=O)Cc3ccccc3)CC2)c(C)n1C. The van der Waals surface area contributed by atoms with Gasteiger partial charge in [-0.1, -0.05) is 30.3 Å². The summed E-state index contributed by atoms with van der Waals surface area (Å²) in [6, 6.07) is 11.2. The molecule has 1 aromatic carbocycles. The first-order valence-electron chi connectivity index (χ1n) is 9.29. The normalized spacial score (nSPS) is 16.6. The van der Waals surface area contributed by atoms with Crippen LogP contribution in [0.25, 0.3) is 0 Å². The molecular weight excluding hydrogens is 362 g/mol. The van der Waals surface area contributed by atoms with Crippen LogP contribution >= 0.6 is 0 Å². The van der Waals surface area contributed by atoms with Crippen LogP contribution in [0.1, 0.15) is 27.3 Å². The van der Waals surface area contributed by atoms with Crippen molar-refractivity contribution < 1.29 is 18.1 Å². The summed E-state index contributed by atoms with van der Waals surface area (Å²) in [7, 11) is -1.35. The second-order valence-corrected chi connectivity index (χ2v) is 9.30. The number of hydrogen-bond donors (Lipinski definition) is 1. The van der Waals surface area contributed by atoms with Crippen molar-refractivity contribution in [2.45, 2.75) is 19.6 Å². The predicted molar refractivity (Wildman–Crippen MR) is 105 cm³/mol. The number of sulfonamides is 1. The van der Waals surface area contributed by atoms with E-state index in [1.807, 2.05) is 61.9 Å². The minimum atomic E-state index is -3.32. The lowest BCUT2D eigenvalue weighted by atomic mass is 10.1. The number of benzene rings is 1. The Morgan fingerprint density at radius 1 is 1.11 bits per heavy atom. The zero-order valence-corrected chi connectivity index (χ0v) is 17.1. The highest BCUT2D eigenvalue weighted by Gasteiger charge is 2.30. The monoisotopic (exact) mass is 390 g/mol. The van der Waals surface area contributed by atoms with E-state index in [4.69, 9.17) is 0 Å². The minimum Gasteiger partial charge on any atom is -0.351 e. The number of nitrogens with one attached hydrogen (secondary N) is 1. The molecule has 6 nitrogen and oxygen atoms in total. The summed E-state index contributed by atoms with van der Waals surface area (Å²) >= 11 is 0. The van der Waals surface area contributed by atoms with Crippen molar-refractivity contribution >= 4 is 15.8 Å². The van der Waals surface area contributed by atoms with Crippen molar-refractivity contribution in [3.63, 3.8) is 0 Å². The number of aryl methyl sites for hydroxylation is 1. The topological polar surface area (TPSA) is 63.8 Å². The van der Waals surface area contributed by atoms with Crippen LogP contribution in [0, 0.1) is 13.8 Å². The second-order valence-electron chi connectivity index (χ2n) is 7.33. The van der Waals surface area contributed by atoms with E-state index in [1.165, 1.54) is 0 Å². The number of ketones is 1. The maximum atomic E-state index is 12.7. The van der Waals surface area contributed by atoms with Gasteiger partial charge in [0.05, 0.1) is 31.9 Å². The van der Waals surface area contributed by atoms with Crippen LogP contribution < -0.4 is 4.90 Å². The van der Waals surface area contributed by atoms with Gasteiger partial charge in [0.15, 0.2) is 0 Å². The van der Waals surface area contributed by atoms with Crippen LogP contribution in [0.2, 0.25) is 0 Å². The molecule has 0 spiro atoms. The molecule has 0 amide bonds. The fourth-order valence-corrected chi connectivity index (χ4v) is 5.13. The lowest BCUT2D eigenvalue weighted by Gasteiger charge is -2.31. The number of quaternary nitrogens is 1. The summed E-state index contributed by atoms with van der Waals surface area (Å²) in [6.07, 6.45) is 0. The highest BCUT2D eigenvalue weighted by atomic mass is 32.2. The number of aromatic nitrogens is 1. The third kappa shape index (κ3) is 4.48. The average molecular weight is 391 g/mol. The summed E-state index contributed by atoms with van der Waals surface area (Å²) in [5.74, 6) is 0.164. The molecule has 1 aliphatic heterocycles. The van der Waals surface area contributed by atoms with Gasteiger partial charge < -0.3 is 9.47 Å². The van der Waals surface area contributed by atoms with Gasteiger partial charge in [-0.2, -0.15) is 4.31 Å².